The monoisotopic (exact) mass is 364 g/mol. The van der Waals surface area contributed by atoms with Crippen LogP contribution in [0.25, 0.3) is 5.65 Å². The quantitative estimate of drug-likeness (QED) is 0.746. The third-order valence-corrected chi connectivity index (χ3v) is 6.97. The van der Waals surface area contributed by atoms with Gasteiger partial charge >= 0.3 is 0 Å². The summed E-state index contributed by atoms with van der Waals surface area (Å²) >= 11 is 1.23. The van der Waals surface area contributed by atoms with E-state index in [9.17, 15) is 8.42 Å². The van der Waals surface area contributed by atoms with Crippen molar-refractivity contribution in [3.63, 3.8) is 0 Å². The third kappa shape index (κ3) is 2.99. The van der Waals surface area contributed by atoms with E-state index >= 15 is 0 Å². The predicted octanol–water partition coefficient (Wildman–Crippen LogP) is 1.13. The summed E-state index contributed by atoms with van der Waals surface area (Å²) in [5.74, 6) is 0.849. The van der Waals surface area contributed by atoms with Gasteiger partial charge in [0.2, 0.25) is 10.0 Å². The summed E-state index contributed by atoms with van der Waals surface area (Å²) in [4.78, 5) is 2.15. The number of sulfonamides is 1. The smallest absolute Gasteiger partial charge is 0.250 e. The number of nitrogens with zero attached hydrogens (tertiary/aromatic N) is 5. The van der Waals surface area contributed by atoms with Gasteiger partial charge in [0.25, 0.3) is 0 Å². The maximum Gasteiger partial charge on any atom is 0.250 e. The highest BCUT2D eigenvalue weighted by Crippen LogP contribution is 2.21. The molecule has 0 spiro atoms. The summed E-state index contributed by atoms with van der Waals surface area (Å²) in [5, 5.41) is 14.0. The van der Waals surface area contributed by atoms with Crippen molar-refractivity contribution in [1.82, 2.24) is 24.5 Å². The van der Waals surface area contributed by atoms with Crippen molar-refractivity contribution in [3.8, 4) is 0 Å². The highest BCUT2D eigenvalue weighted by Gasteiger charge is 2.25. The number of fused-ring (bicyclic) bond motifs is 1. The van der Waals surface area contributed by atoms with Gasteiger partial charge in [0.1, 0.15) is 16.4 Å². The number of aromatic nitrogens is 4. The molecule has 4 heterocycles. The fraction of sp³-hybridized carbons (Fsp3) is 0.357. The van der Waals surface area contributed by atoms with Crippen molar-refractivity contribution in [2.45, 2.75) is 23.1 Å². The molecule has 1 aliphatic heterocycles. The highest BCUT2D eigenvalue weighted by molar-refractivity contribution is 7.91. The van der Waals surface area contributed by atoms with Crippen molar-refractivity contribution in [1.29, 1.82) is 0 Å². The van der Waals surface area contributed by atoms with Crippen LogP contribution >= 0.6 is 11.3 Å². The Hall–Kier alpha value is -2.04. The van der Waals surface area contributed by atoms with Gasteiger partial charge in [0.05, 0.1) is 0 Å². The SMILES string of the molecule is O=S(=O)(NC1CCN(c2ccc3nncn3n2)CC1)c1cccs1. The molecule has 4 rings (SSSR count). The van der Waals surface area contributed by atoms with Crippen molar-refractivity contribution in [2.24, 2.45) is 0 Å². The molecular weight excluding hydrogens is 348 g/mol. The summed E-state index contributed by atoms with van der Waals surface area (Å²) in [6.45, 7) is 1.50. The predicted molar refractivity (Wildman–Crippen MR) is 90.7 cm³/mol. The van der Waals surface area contributed by atoms with E-state index in [4.69, 9.17) is 0 Å². The van der Waals surface area contributed by atoms with E-state index in [0.717, 1.165) is 31.7 Å². The van der Waals surface area contributed by atoms with Crippen molar-refractivity contribution in [3.05, 3.63) is 36.0 Å². The van der Waals surface area contributed by atoms with E-state index in [1.165, 1.54) is 11.3 Å². The van der Waals surface area contributed by atoms with Crippen LogP contribution in [-0.4, -0.2) is 47.4 Å². The molecule has 0 atom stereocenters. The lowest BCUT2D eigenvalue weighted by Crippen LogP contribution is -2.44. The van der Waals surface area contributed by atoms with Crippen LogP contribution in [-0.2, 0) is 10.0 Å². The maximum absolute atomic E-state index is 12.3. The van der Waals surface area contributed by atoms with Crippen LogP contribution in [0.15, 0.2) is 40.2 Å². The Morgan fingerprint density at radius 2 is 2.04 bits per heavy atom. The summed E-state index contributed by atoms with van der Waals surface area (Å²) in [5.41, 5.74) is 0.706. The largest absolute Gasteiger partial charge is 0.355 e. The standard InChI is InChI=1S/C14H16N6O2S2/c21-24(22,14-2-1-9-23-14)18-11-5-7-19(8-6-11)13-4-3-12-16-15-10-20(12)17-13/h1-4,9-11,18H,5-8H2. The van der Waals surface area contributed by atoms with E-state index < -0.39 is 10.0 Å². The molecule has 0 saturated carbocycles. The zero-order chi connectivity index (χ0) is 16.6. The number of nitrogens with one attached hydrogen (secondary N) is 1. The second-order valence-electron chi connectivity index (χ2n) is 5.64. The number of thiophene rings is 1. The maximum atomic E-state index is 12.3. The van der Waals surface area contributed by atoms with Gasteiger partial charge in [-0.1, -0.05) is 6.07 Å². The summed E-state index contributed by atoms with van der Waals surface area (Å²) in [7, 11) is -3.41. The van der Waals surface area contributed by atoms with Gasteiger partial charge in [-0.2, -0.15) is 4.52 Å². The van der Waals surface area contributed by atoms with Gasteiger partial charge in [-0.3, -0.25) is 0 Å². The van der Waals surface area contributed by atoms with Gasteiger partial charge in [-0.25, -0.2) is 13.1 Å². The third-order valence-electron chi connectivity index (χ3n) is 4.05. The van der Waals surface area contributed by atoms with Gasteiger partial charge in [0, 0.05) is 19.1 Å². The lowest BCUT2D eigenvalue weighted by Gasteiger charge is -2.32. The molecule has 126 valence electrons. The minimum Gasteiger partial charge on any atom is -0.355 e. The molecule has 1 aliphatic rings. The second kappa shape index (κ2) is 6.11. The van der Waals surface area contributed by atoms with Crippen molar-refractivity contribution >= 4 is 32.8 Å². The molecule has 0 bridgehead atoms. The van der Waals surface area contributed by atoms with Crippen molar-refractivity contribution in [2.75, 3.05) is 18.0 Å². The van der Waals surface area contributed by atoms with Crippen LogP contribution in [0.1, 0.15) is 12.8 Å². The zero-order valence-corrected chi connectivity index (χ0v) is 14.4. The van der Waals surface area contributed by atoms with Crippen LogP contribution in [0.3, 0.4) is 0 Å². The van der Waals surface area contributed by atoms with Crippen LogP contribution in [0.4, 0.5) is 5.82 Å². The Morgan fingerprint density at radius 1 is 1.21 bits per heavy atom. The van der Waals surface area contributed by atoms with E-state index in [1.807, 2.05) is 12.1 Å². The average molecular weight is 364 g/mol. The number of anilines is 1. The Bertz CT molecular complexity index is 929. The summed E-state index contributed by atoms with van der Waals surface area (Å²) in [6, 6.07) is 7.11. The molecule has 3 aromatic rings. The molecule has 0 aromatic carbocycles. The first-order valence-corrected chi connectivity index (χ1v) is 9.96. The Morgan fingerprint density at radius 3 is 2.79 bits per heavy atom. The number of hydrogen-bond acceptors (Lipinski definition) is 7. The summed E-state index contributed by atoms with van der Waals surface area (Å²) < 4.78 is 29.4. The summed E-state index contributed by atoms with van der Waals surface area (Å²) in [6.07, 6.45) is 3.06. The van der Waals surface area contributed by atoms with Gasteiger partial charge in [0.15, 0.2) is 5.65 Å². The molecular formula is C14H16N6O2S2. The molecule has 1 fully saturated rings. The molecule has 0 aliphatic carbocycles. The number of hydrogen-bond donors (Lipinski definition) is 1. The van der Waals surface area contributed by atoms with E-state index in [2.05, 4.69) is 24.9 Å². The zero-order valence-electron chi connectivity index (χ0n) is 12.7. The van der Waals surface area contributed by atoms with Gasteiger partial charge < -0.3 is 4.90 Å². The van der Waals surface area contributed by atoms with Crippen LogP contribution in [0.2, 0.25) is 0 Å². The first kappa shape index (κ1) is 15.5. The number of rotatable bonds is 4. The normalized spacial score (nSPS) is 16.8. The van der Waals surface area contributed by atoms with Gasteiger partial charge in [-0.15, -0.1) is 26.6 Å². The molecule has 0 radical (unpaired) electrons. The number of piperidine rings is 1. The second-order valence-corrected chi connectivity index (χ2v) is 8.53. The van der Waals surface area contributed by atoms with E-state index in [1.54, 1.807) is 28.4 Å². The van der Waals surface area contributed by atoms with Crippen molar-refractivity contribution < 1.29 is 8.42 Å². The molecule has 3 aromatic heterocycles. The topological polar surface area (TPSA) is 92.5 Å². The molecule has 0 unspecified atom stereocenters. The average Bonchev–Trinajstić information content (AvgIpc) is 3.26. The fourth-order valence-corrected chi connectivity index (χ4v) is 5.12. The molecule has 10 heteroatoms. The molecule has 8 nitrogen and oxygen atoms in total. The lowest BCUT2D eigenvalue weighted by molar-refractivity contribution is 0.458. The van der Waals surface area contributed by atoms with E-state index in [-0.39, 0.29) is 6.04 Å². The molecule has 1 N–H and O–H groups in total. The highest BCUT2D eigenvalue weighted by atomic mass is 32.2. The fourth-order valence-electron chi connectivity index (χ4n) is 2.81. The molecule has 24 heavy (non-hydrogen) atoms. The Labute approximate surface area is 143 Å². The minimum absolute atomic E-state index is 0.0491. The van der Waals surface area contributed by atoms with E-state index in [0.29, 0.717) is 9.86 Å². The Kier molecular flexibility index (Phi) is 3.94. The molecule has 0 amide bonds. The molecule has 1 saturated heterocycles. The first-order chi connectivity index (χ1) is 11.6. The minimum atomic E-state index is -3.41. The lowest BCUT2D eigenvalue weighted by atomic mass is 10.1. The first-order valence-electron chi connectivity index (χ1n) is 7.60. The van der Waals surface area contributed by atoms with Crippen LogP contribution in [0.5, 0.6) is 0 Å². The van der Waals surface area contributed by atoms with Crippen LogP contribution in [0, 0.1) is 0 Å². The Balaban J connectivity index is 1.41. The van der Waals surface area contributed by atoms with Gasteiger partial charge in [-0.05, 0) is 36.4 Å². The van der Waals surface area contributed by atoms with Crippen LogP contribution < -0.4 is 9.62 Å².